The molecule has 1 aliphatic rings. The van der Waals surface area contributed by atoms with Gasteiger partial charge in [-0.1, -0.05) is 13.0 Å². The van der Waals surface area contributed by atoms with Gasteiger partial charge in [-0.25, -0.2) is 4.98 Å². The molecule has 1 aromatic heterocycles. The Labute approximate surface area is 109 Å². The number of ether oxygens (including phenoxy) is 1. The Kier molecular flexibility index (Phi) is 4.55. The maximum absolute atomic E-state index is 5.45. The first-order valence-corrected chi connectivity index (χ1v) is 6.76. The number of anilines is 1. The normalized spacial score (nSPS) is 21.9. The largest absolute Gasteiger partial charge is 0.377 e. The Morgan fingerprint density at radius 1 is 1.56 bits per heavy atom. The van der Waals surface area contributed by atoms with E-state index in [9.17, 15) is 0 Å². The summed E-state index contributed by atoms with van der Waals surface area (Å²) in [6.07, 6.45) is 1.98. The standard InChI is InChI=1S/C14H23N3O/c1-4-15-12(3)13-5-6-14(16-9-13)17-7-8-18-10-11(17)2/h5-6,9,11-12,15H,4,7-8,10H2,1-3H3. The summed E-state index contributed by atoms with van der Waals surface area (Å²) in [5, 5.41) is 3.40. The summed E-state index contributed by atoms with van der Waals surface area (Å²) in [5.41, 5.74) is 1.24. The van der Waals surface area contributed by atoms with Crippen molar-refractivity contribution in [1.29, 1.82) is 0 Å². The maximum Gasteiger partial charge on any atom is 0.128 e. The van der Waals surface area contributed by atoms with Crippen LogP contribution in [0.1, 0.15) is 32.4 Å². The molecule has 2 atom stereocenters. The van der Waals surface area contributed by atoms with E-state index in [4.69, 9.17) is 4.74 Å². The number of hydrogen-bond donors (Lipinski definition) is 1. The zero-order valence-corrected chi connectivity index (χ0v) is 11.5. The van der Waals surface area contributed by atoms with Gasteiger partial charge in [-0.05, 0) is 32.0 Å². The number of nitrogens with zero attached hydrogens (tertiary/aromatic N) is 2. The molecule has 1 fully saturated rings. The van der Waals surface area contributed by atoms with Crippen LogP contribution in [0.3, 0.4) is 0 Å². The SMILES string of the molecule is CCNC(C)c1ccc(N2CCOCC2C)nc1. The third kappa shape index (κ3) is 3.00. The second-order valence-electron chi connectivity index (χ2n) is 4.85. The van der Waals surface area contributed by atoms with Crippen molar-refractivity contribution < 1.29 is 4.74 Å². The second kappa shape index (κ2) is 6.16. The molecule has 0 saturated carbocycles. The zero-order valence-electron chi connectivity index (χ0n) is 11.5. The highest BCUT2D eigenvalue weighted by molar-refractivity contribution is 5.41. The summed E-state index contributed by atoms with van der Waals surface area (Å²) in [6.45, 7) is 9.94. The fourth-order valence-electron chi connectivity index (χ4n) is 2.32. The summed E-state index contributed by atoms with van der Waals surface area (Å²) in [7, 11) is 0. The number of pyridine rings is 1. The Balaban J connectivity index is 2.06. The molecule has 0 aliphatic carbocycles. The first-order chi connectivity index (χ1) is 8.72. The molecule has 2 rings (SSSR count). The molecule has 100 valence electrons. The minimum Gasteiger partial charge on any atom is -0.377 e. The number of morpholine rings is 1. The first-order valence-electron chi connectivity index (χ1n) is 6.76. The molecule has 18 heavy (non-hydrogen) atoms. The summed E-state index contributed by atoms with van der Waals surface area (Å²) < 4.78 is 5.45. The van der Waals surface area contributed by atoms with E-state index in [2.05, 4.69) is 48.1 Å². The fourth-order valence-corrected chi connectivity index (χ4v) is 2.32. The van der Waals surface area contributed by atoms with Gasteiger partial charge in [0.15, 0.2) is 0 Å². The van der Waals surface area contributed by atoms with Crippen LogP contribution in [0.15, 0.2) is 18.3 Å². The molecule has 1 N–H and O–H groups in total. The van der Waals surface area contributed by atoms with Crippen LogP contribution in [-0.4, -0.2) is 37.3 Å². The first kappa shape index (κ1) is 13.3. The lowest BCUT2D eigenvalue weighted by atomic mass is 10.1. The molecular weight excluding hydrogens is 226 g/mol. The van der Waals surface area contributed by atoms with Crippen molar-refractivity contribution in [2.24, 2.45) is 0 Å². The van der Waals surface area contributed by atoms with Gasteiger partial charge in [0.1, 0.15) is 5.82 Å². The maximum atomic E-state index is 5.45. The van der Waals surface area contributed by atoms with Gasteiger partial charge in [0.2, 0.25) is 0 Å². The Bertz CT molecular complexity index is 366. The minimum atomic E-state index is 0.360. The molecular formula is C14H23N3O. The number of aromatic nitrogens is 1. The van der Waals surface area contributed by atoms with E-state index in [-0.39, 0.29) is 0 Å². The van der Waals surface area contributed by atoms with Crippen LogP contribution in [-0.2, 0) is 4.74 Å². The quantitative estimate of drug-likeness (QED) is 0.885. The van der Waals surface area contributed by atoms with Crippen LogP contribution in [0.25, 0.3) is 0 Å². The van der Waals surface area contributed by atoms with Crippen molar-refractivity contribution in [2.75, 3.05) is 31.2 Å². The van der Waals surface area contributed by atoms with E-state index in [1.807, 2.05) is 6.20 Å². The summed E-state index contributed by atoms with van der Waals surface area (Å²) in [4.78, 5) is 6.90. The van der Waals surface area contributed by atoms with Gasteiger partial charge in [-0.3, -0.25) is 0 Å². The lowest BCUT2D eigenvalue weighted by Gasteiger charge is -2.34. The van der Waals surface area contributed by atoms with Crippen molar-refractivity contribution in [3.8, 4) is 0 Å². The summed E-state index contributed by atoms with van der Waals surface area (Å²) >= 11 is 0. The molecule has 2 unspecified atom stereocenters. The van der Waals surface area contributed by atoms with Crippen LogP contribution >= 0.6 is 0 Å². The molecule has 2 heterocycles. The monoisotopic (exact) mass is 249 g/mol. The average Bonchev–Trinajstić information content (AvgIpc) is 2.40. The van der Waals surface area contributed by atoms with Crippen molar-refractivity contribution >= 4 is 5.82 Å². The number of hydrogen-bond acceptors (Lipinski definition) is 4. The van der Waals surface area contributed by atoms with Gasteiger partial charge in [0.25, 0.3) is 0 Å². The molecule has 0 bridgehead atoms. The number of nitrogens with one attached hydrogen (secondary N) is 1. The van der Waals surface area contributed by atoms with Crippen molar-refractivity contribution in [3.63, 3.8) is 0 Å². The average molecular weight is 249 g/mol. The van der Waals surface area contributed by atoms with E-state index in [0.717, 1.165) is 32.1 Å². The Morgan fingerprint density at radius 3 is 3.00 bits per heavy atom. The smallest absolute Gasteiger partial charge is 0.128 e. The molecule has 1 aliphatic heterocycles. The summed E-state index contributed by atoms with van der Waals surface area (Å²) in [5.74, 6) is 1.05. The number of rotatable bonds is 4. The molecule has 1 aromatic rings. The van der Waals surface area contributed by atoms with E-state index in [0.29, 0.717) is 12.1 Å². The molecule has 0 radical (unpaired) electrons. The topological polar surface area (TPSA) is 37.4 Å². The van der Waals surface area contributed by atoms with Gasteiger partial charge in [-0.15, -0.1) is 0 Å². The van der Waals surface area contributed by atoms with Gasteiger partial charge in [0.05, 0.1) is 19.3 Å². The van der Waals surface area contributed by atoms with E-state index >= 15 is 0 Å². The highest BCUT2D eigenvalue weighted by Crippen LogP contribution is 2.19. The third-order valence-corrected chi connectivity index (χ3v) is 3.44. The van der Waals surface area contributed by atoms with Crippen LogP contribution < -0.4 is 10.2 Å². The van der Waals surface area contributed by atoms with Crippen LogP contribution in [0.4, 0.5) is 5.82 Å². The van der Waals surface area contributed by atoms with E-state index < -0.39 is 0 Å². The molecule has 1 saturated heterocycles. The van der Waals surface area contributed by atoms with Crippen molar-refractivity contribution in [1.82, 2.24) is 10.3 Å². The van der Waals surface area contributed by atoms with Crippen LogP contribution in [0, 0.1) is 0 Å². The molecule has 4 heteroatoms. The van der Waals surface area contributed by atoms with Crippen LogP contribution in [0.2, 0.25) is 0 Å². The lowest BCUT2D eigenvalue weighted by molar-refractivity contribution is 0.0985. The minimum absolute atomic E-state index is 0.360. The van der Waals surface area contributed by atoms with Crippen molar-refractivity contribution in [3.05, 3.63) is 23.9 Å². The molecule has 0 amide bonds. The van der Waals surface area contributed by atoms with Gasteiger partial charge < -0.3 is 15.0 Å². The fraction of sp³-hybridized carbons (Fsp3) is 0.643. The van der Waals surface area contributed by atoms with Gasteiger partial charge in [0, 0.05) is 18.8 Å². The molecule has 0 spiro atoms. The Morgan fingerprint density at radius 2 is 2.39 bits per heavy atom. The highest BCUT2D eigenvalue weighted by atomic mass is 16.5. The predicted molar refractivity (Wildman–Crippen MR) is 74.0 cm³/mol. The predicted octanol–water partition coefficient (Wildman–Crippen LogP) is 1.98. The van der Waals surface area contributed by atoms with Gasteiger partial charge >= 0.3 is 0 Å². The molecule has 4 nitrogen and oxygen atoms in total. The lowest BCUT2D eigenvalue weighted by Crippen LogP contribution is -2.44. The highest BCUT2D eigenvalue weighted by Gasteiger charge is 2.20. The zero-order chi connectivity index (χ0) is 13.0. The second-order valence-corrected chi connectivity index (χ2v) is 4.85. The van der Waals surface area contributed by atoms with E-state index in [1.165, 1.54) is 5.56 Å². The van der Waals surface area contributed by atoms with Crippen molar-refractivity contribution in [2.45, 2.75) is 32.9 Å². The Hall–Kier alpha value is -1.13. The van der Waals surface area contributed by atoms with Crippen LogP contribution in [0.5, 0.6) is 0 Å². The van der Waals surface area contributed by atoms with Gasteiger partial charge in [-0.2, -0.15) is 0 Å². The molecule has 0 aromatic carbocycles. The van der Waals surface area contributed by atoms with E-state index in [1.54, 1.807) is 0 Å². The third-order valence-electron chi connectivity index (χ3n) is 3.44. The summed E-state index contributed by atoms with van der Waals surface area (Å²) in [6, 6.07) is 5.05.